The summed E-state index contributed by atoms with van der Waals surface area (Å²) in [5.74, 6) is 1.05. The number of fused-ring (bicyclic) bond motifs is 1. The van der Waals surface area contributed by atoms with Crippen LogP contribution in [-0.4, -0.2) is 62.1 Å². The molecule has 1 heterocycles. The first-order valence-electron chi connectivity index (χ1n) is 7.51. The first kappa shape index (κ1) is 17.1. The van der Waals surface area contributed by atoms with Gasteiger partial charge in [0.1, 0.15) is 0 Å². The van der Waals surface area contributed by atoms with Crippen LogP contribution in [0.1, 0.15) is 12.5 Å². The molecule has 0 bridgehead atoms. The molecule has 7 heteroatoms. The number of hydrogen-bond donors (Lipinski definition) is 1. The van der Waals surface area contributed by atoms with Crippen LogP contribution < -0.4 is 14.8 Å². The van der Waals surface area contributed by atoms with Gasteiger partial charge in [-0.15, -0.1) is 0 Å². The largest absolute Gasteiger partial charge is 0.454 e. The van der Waals surface area contributed by atoms with Crippen molar-refractivity contribution in [2.75, 3.05) is 40.5 Å². The highest BCUT2D eigenvalue weighted by Gasteiger charge is 2.17. The van der Waals surface area contributed by atoms with Gasteiger partial charge >= 0.3 is 0 Å². The topological polar surface area (TPSA) is 71.1 Å². The normalized spacial score (nSPS) is 12.3. The number of amides is 2. The molecule has 1 aromatic carbocycles. The second-order valence-corrected chi connectivity index (χ2v) is 5.72. The molecule has 0 aliphatic carbocycles. The Kier molecular flexibility index (Phi) is 5.81. The fraction of sp³-hybridized carbons (Fsp3) is 0.500. The number of carbonyl (C=O) groups is 2. The summed E-state index contributed by atoms with van der Waals surface area (Å²) in [6.45, 7) is 3.38. The molecule has 0 radical (unpaired) electrons. The van der Waals surface area contributed by atoms with Gasteiger partial charge < -0.3 is 24.6 Å². The lowest BCUT2D eigenvalue weighted by Crippen LogP contribution is -2.41. The number of rotatable bonds is 7. The van der Waals surface area contributed by atoms with Crippen LogP contribution >= 0.6 is 0 Å². The van der Waals surface area contributed by atoms with Crippen molar-refractivity contribution in [1.82, 2.24) is 15.1 Å². The highest BCUT2D eigenvalue weighted by molar-refractivity contribution is 5.83. The summed E-state index contributed by atoms with van der Waals surface area (Å²) in [6, 6.07) is 5.52. The Balaban J connectivity index is 1.91. The molecule has 0 spiro atoms. The predicted molar refractivity (Wildman–Crippen MR) is 85.2 cm³/mol. The van der Waals surface area contributed by atoms with E-state index < -0.39 is 0 Å². The van der Waals surface area contributed by atoms with Crippen molar-refractivity contribution in [3.05, 3.63) is 23.8 Å². The highest BCUT2D eigenvalue weighted by atomic mass is 16.7. The summed E-state index contributed by atoms with van der Waals surface area (Å²) in [5, 5.41) is 2.81. The van der Waals surface area contributed by atoms with Gasteiger partial charge in [0.2, 0.25) is 18.6 Å². The monoisotopic (exact) mass is 321 g/mol. The highest BCUT2D eigenvalue weighted by Crippen LogP contribution is 2.32. The smallest absolute Gasteiger partial charge is 0.239 e. The van der Waals surface area contributed by atoms with E-state index in [1.165, 1.54) is 11.8 Å². The van der Waals surface area contributed by atoms with E-state index in [0.717, 1.165) is 12.1 Å². The zero-order chi connectivity index (χ0) is 16.8. The molecule has 126 valence electrons. The van der Waals surface area contributed by atoms with Crippen LogP contribution in [-0.2, 0) is 16.1 Å². The number of nitrogens with zero attached hydrogens (tertiary/aromatic N) is 2. The fourth-order valence-corrected chi connectivity index (χ4v) is 2.19. The van der Waals surface area contributed by atoms with E-state index in [9.17, 15) is 9.59 Å². The molecule has 0 fully saturated rings. The van der Waals surface area contributed by atoms with Crippen LogP contribution in [0.25, 0.3) is 0 Å². The molecule has 0 atom stereocenters. The van der Waals surface area contributed by atoms with E-state index in [2.05, 4.69) is 5.32 Å². The number of benzene rings is 1. The van der Waals surface area contributed by atoms with E-state index >= 15 is 0 Å². The van der Waals surface area contributed by atoms with Crippen molar-refractivity contribution in [3.8, 4) is 11.5 Å². The standard InChI is InChI=1S/C16H23N3O4/c1-12(20)19(10-16(21)17-6-7-18(2)3)9-13-4-5-14-15(8-13)23-11-22-14/h4-5,8H,6-7,9-11H2,1-3H3,(H,17,21). The van der Waals surface area contributed by atoms with Gasteiger partial charge in [0, 0.05) is 26.6 Å². The molecule has 0 unspecified atom stereocenters. The number of nitrogens with one attached hydrogen (secondary N) is 1. The van der Waals surface area contributed by atoms with E-state index in [1.54, 1.807) is 0 Å². The second kappa shape index (κ2) is 7.82. The first-order chi connectivity index (χ1) is 11.0. The van der Waals surface area contributed by atoms with Gasteiger partial charge in [0.15, 0.2) is 11.5 Å². The average Bonchev–Trinajstić information content (AvgIpc) is 2.93. The Morgan fingerprint density at radius 3 is 2.65 bits per heavy atom. The molecular weight excluding hydrogens is 298 g/mol. The van der Waals surface area contributed by atoms with Crippen LogP contribution in [0.15, 0.2) is 18.2 Å². The molecule has 2 rings (SSSR count). The lowest BCUT2D eigenvalue weighted by atomic mass is 10.2. The van der Waals surface area contributed by atoms with Crippen molar-refractivity contribution < 1.29 is 19.1 Å². The van der Waals surface area contributed by atoms with E-state index in [0.29, 0.717) is 24.6 Å². The minimum atomic E-state index is -0.164. The summed E-state index contributed by atoms with van der Waals surface area (Å²) >= 11 is 0. The van der Waals surface area contributed by atoms with Crippen molar-refractivity contribution in [2.24, 2.45) is 0 Å². The molecule has 1 aliphatic heterocycles. The number of likely N-dealkylation sites (N-methyl/N-ethyl adjacent to an activating group) is 1. The summed E-state index contributed by atoms with van der Waals surface area (Å²) in [5.41, 5.74) is 0.894. The van der Waals surface area contributed by atoms with Crippen molar-refractivity contribution in [2.45, 2.75) is 13.5 Å². The van der Waals surface area contributed by atoms with Crippen molar-refractivity contribution in [1.29, 1.82) is 0 Å². The average molecular weight is 321 g/mol. The van der Waals surface area contributed by atoms with Gasteiger partial charge in [-0.1, -0.05) is 6.07 Å². The summed E-state index contributed by atoms with van der Waals surface area (Å²) in [6.07, 6.45) is 0. The summed E-state index contributed by atoms with van der Waals surface area (Å²) in [4.78, 5) is 27.2. The fourth-order valence-electron chi connectivity index (χ4n) is 2.19. The predicted octanol–water partition coefficient (Wildman–Crippen LogP) is 0.442. The van der Waals surface area contributed by atoms with Gasteiger partial charge in [-0.25, -0.2) is 0 Å². The SMILES string of the molecule is CC(=O)N(CC(=O)NCCN(C)C)Cc1ccc2c(c1)OCO2. The van der Waals surface area contributed by atoms with E-state index in [4.69, 9.17) is 9.47 Å². The summed E-state index contributed by atoms with van der Waals surface area (Å²) < 4.78 is 10.6. The first-order valence-corrected chi connectivity index (χ1v) is 7.51. The third-order valence-corrected chi connectivity index (χ3v) is 3.47. The zero-order valence-electron chi connectivity index (χ0n) is 13.8. The van der Waals surface area contributed by atoms with Gasteiger partial charge in [-0.3, -0.25) is 9.59 Å². The maximum atomic E-state index is 11.9. The molecule has 23 heavy (non-hydrogen) atoms. The van der Waals surface area contributed by atoms with Gasteiger partial charge in [-0.05, 0) is 31.8 Å². The molecule has 1 aromatic rings. The van der Waals surface area contributed by atoms with Gasteiger partial charge in [0.05, 0.1) is 6.54 Å². The molecule has 7 nitrogen and oxygen atoms in total. The molecule has 0 aromatic heterocycles. The maximum Gasteiger partial charge on any atom is 0.239 e. The minimum absolute atomic E-state index is 0.0389. The lowest BCUT2D eigenvalue weighted by Gasteiger charge is -2.21. The van der Waals surface area contributed by atoms with Gasteiger partial charge in [0.25, 0.3) is 0 Å². The van der Waals surface area contributed by atoms with Crippen molar-refractivity contribution >= 4 is 11.8 Å². The van der Waals surface area contributed by atoms with Crippen LogP contribution in [0.2, 0.25) is 0 Å². The molecule has 1 N–H and O–H groups in total. The Morgan fingerprint density at radius 2 is 1.96 bits per heavy atom. The van der Waals surface area contributed by atoms with Crippen molar-refractivity contribution in [3.63, 3.8) is 0 Å². The number of hydrogen-bond acceptors (Lipinski definition) is 5. The van der Waals surface area contributed by atoms with E-state index in [1.807, 2.05) is 37.2 Å². The zero-order valence-corrected chi connectivity index (χ0v) is 13.8. The van der Waals surface area contributed by atoms with E-state index in [-0.39, 0.29) is 25.2 Å². The van der Waals surface area contributed by atoms with Crippen LogP contribution in [0.4, 0.5) is 0 Å². The minimum Gasteiger partial charge on any atom is -0.454 e. The maximum absolute atomic E-state index is 11.9. The summed E-state index contributed by atoms with van der Waals surface area (Å²) in [7, 11) is 3.88. The quantitative estimate of drug-likeness (QED) is 0.789. The third kappa shape index (κ3) is 5.14. The van der Waals surface area contributed by atoms with Crippen LogP contribution in [0, 0.1) is 0 Å². The Hall–Kier alpha value is -2.28. The Labute approximate surface area is 136 Å². The third-order valence-electron chi connectivity index (χ3n) is 3.47. The molecule has 2 amide bonds. The van der Waals surface area contributed by atoms with Gasteiger partial charge in [-0.2, -0.15) is 0 Å². The van der Waals surface area contributed by atoms with Crippen LogP contribution in [0.5, 0.6) is 11.5 Å². The Bertz CT molecular complexity index is 574. The van der Waals surface area contributed by atoms with Crippen LogP contribution in [0.3, 0.4) is 0 Å². The lowest BCUT2D eigenvalue weighted by molar-refractivity contribution is -0.134. The second-order valence-electron chi connectivity index (χ2n) is 5.72. The number of ether oxygens (including phenoxy) is 2. The molecule has 0 saturated carbocycles. The Morgan fingerprint density at radius 1 is 1.22 bits per heavy atom. The molecular formula is C16H23N3O4. The number of carbonyl (C=O) groups excluding carboxylic acids is 2. The molecule has 0 saturated heterocycles. The molecule has 1 aliphatic rings.